The molecule has 0 aliphatic rings. The summed E-state index contributed by atoms with van der Waals surface area (Å²) < 4.78 is 114. The van der Waals surface area contributed by atoms with Crippen molar-refractivity contribution in [3.05, 3.63) is 42.5 Å². The van der Waals surface area contributed by atoms with Gasteiger partial charge in [-0.2, -0.15) is 25.3 Å². The number of phenolic OH excluding ortho intramolecular Hbond substituents is 2. The summed E-state index contributed by atoms with van der Waals surface area (Å²) in [6.07, 6.45) is 0. The molecule has 0 fully saturated rings. The fraction of sp³-hybridized carbons (Fsp3) is 0.179. The van der Waals surface area contributed by atoms with Crippen molar-refractivity contribution in [3.8, 4) is 23.0 Å². The molecule has 0 radical (unpaired) electrons. The number of hydrogen-bond donors (Lipinski definition) is 9. The number of phenols is 2. The van der Waals surface area contributed by atoms with E-state index >= 15 is 0 Å². The van der Waals surface area contributed by atoms with Crippen LogP contribution in [0.25, 0.3) is 10.8 Å². The number of azo groups is 2. The number of anilines is 2. The standard InChI is InChI=1S/C28H28N6O16S3/c1-13(37)30-15-2-3-17(21(10-15)51(40,41)42)31-33-25-22(52(43,44)45)8-14-9-23(53(46,47)48)26(28(39)24(14)27(25)38)34-32-18-12-19(49-6-4-35)16(29)11-20(18)50-7-5-36/h2-3,8-12,35-36,38-39H,4-7,29H2,1H3,(H,30,37)(H,40,41,42)(H,43,44,45)(H,46,47,48)/b33-31+,34-32+. The average Bonchev–Trinajstić information content (AvgIpc) is 3.04. The molecule has 0 aromatic heterocycles. The summed E-state index contributed by atoms with van der Waals surface area (Å²) in [5, 5.41) is 56.3. The van der Waals surface area contributed by atoms with Crippen LogP contribution in [0.4, 0.5) is 34.1 Å². The van der Waals surface area contributed by atoms with Gasteiger partial charge in [-0.3, -0.25) is 18.5 Å². The van der Waals surface area contributed by atoms with Crippen LogP contribution in [0.5, 0.6) is 23.0 Å². The van der Waals surface area contributed by atoms with Crippen LogP contribution in [0.15, 0.2) is 77.6 Å². The van der Waals surface area contributed by atoms with Crippen LogP contribution >= 0.6 is 0 Å². The highest BCUT2D eigenvalue weighted by Gasteiger charge is 2.29. The van der Waals surface area contributed by atoms with Gasteiger partial charge in [-0.05, 0) is 35.7 Å². The van der Waals surface area contributed by atoms with Crippen LogP contribution in [0.1, 0.15) is 6.92 Å². The van der Waals surface area contributed by atoms with Gasteiger partial charge in [0.2, 0.25) is 5.91 Å². The van der Waals surface area contributed by atoms with Gasteiger partial charge in [0.15, 0.2) is 11.5 Å². The van der Waals surface area contributed by atoms with Crippen molar-refractivity contribution in [1.82, 2.24) is 0 Å². The van der Waals surface area contributed by atoms with Crippen molar-refractivity contribution in [3.63, 3.8) is 0 Å². The van der Waals surface area contributed by atoms with Gasteiger partial charge in [0.05, 0.1) is 24.3 Å². The van der Waals surface area contributed by atoms with Crippen LogP contribution in [-0.2, 0) is 35.1 Å². The number of aliphatic hydroxyl groups is 2. The van der Waals surface area contributed by atoms with Crippen molar-refractivity contribution in [2.24, 2.45) is 20.5 Å². The highest BCUT2D eigenvalue weighted by molar-refractivity contribution is 7.86. The van der Waals surface area contributed by atoms with Crippen molar-refractivity contribution in [2.45, 2.75) is 21.6 Å². The fourth-order valence-corrected chi connectivity index (χ4v) is 6.50. The fourth-order valence-electron chi connectivity index (χ4n) is 4.53. The number of ether oxygens (including phenoxy) is 2. The molecule has 0 unspecified atom stereocenters. The molecule has 25 heteroatoms. The van der Waals surface area contributed by atoms with Crippen molar-refractivity contribution < 1.29 is 73.6 Å². The number of rotatable bonds is 14. The number of benzene rings is 4. The number of carbonyl (C=O) groups is 1. The van der Waals surface area contributed by atoms with E-state index in [1.165, 1.54) is 6.07 Å². The largest absolute Gasteiger partial charge is 0.505 e. The Kier molecular flexibility index (Phi) is 11.8. The van der Waals surface area contributed by atoms with Crippen LogP contribution in [0.2, 0.25) is 0 Å². The molecule has 4 rings (SSSR count). The number of aromatic hydroxyl groups is 2. The predicted octanol–water partition coefficient (Wildman–Crippen LogP) is 3.10. The highest BCUT2D eigenvalue weighted by Crippen LogP contribution is 2.50. The van der Waals surface area contributed by atoms with Gasteiger partial charge in [0, 0.05) is 24.7 Å². The summed E-state index contributed by atoms with van der Waals surface area (Å²) in [6, 6.07) is 6.20. The number of nitrogen functional groups attached to an aromatic ring is 1. The lowest BCUT2D eigenvalue weighted by molar-refractivity contribution is -0.114. The Morgan fingerprint density at radius 1 is 0.698 bits per heavy atom. The minimum atomic E-state index is -5.39. The molecule has 0 aliphatic heterocycles. The quantitative estimate of drug-likeness (QED) is 0.0502. The van der Waals surface area contributed by atoms with Gasteiger partial charge in [-0.15, -0.1) is 20.5 Å². The third-order valence-corrected chi connectivity index (χ3v) is 9.29. The maximum atomic E-state index is 12.4. The first-order chi connectivity index (χ1) is 24.7. The Balaban J connectivity index is 2.01. The second kappa shape index (κ2) is 15.6. The lowest BCUT2D eigenvalue weighted by Crippen LogP contribution is -2.07. The molecule has 0 atom stereocenters. The molecule has 0 heterocycles. The van der Waals surface area contributed by atoms with Gasteiger partial charge in [0.25, 0.3) is 30.4 Å². The maximum absolute atomic E-state index is 12.4. The number of nitrogens with one attached hydrogen (secondary N) is 1. The molecule has 0 saturated carbocycles. The minimum Gasteiger partial charge on any atom is -0.505 e. The zero-order chi connectivity index (χ0) is 39.5. The maximum Gasteiger partial charge on any atom is 0.296 e. The lowest BCUT2D eigenvalue weighted by Gasteiger charge is -2.14. The monoisotopic (exact) mass is 800 g/mol. The van der Waals surface area contributed by atoms with Crippen LogP contribution < -0.4 is 20.5 Å². The van der Waals surface area contributed by atoms with Gasteiger partial charge in [0.1, 0.15) is 62.1 Å². The molecular weight excluding hydrogens is 773 g/mol. The number of nitrogens with two attached hydrogens (primary N) is 1. The second-order valence-electron chi connectivity index (χ2n) is 10.4. The summed E-state index contributed by atoms with van der Waals surface area (Å²) in [5.74, 6) is -3.40. The first-order valence-corrected chi connectivity index (χ1v) is 18.6. The van der Waals surface area contributed by atoms with Crippen molar-refractivity contribution in [1.29, 1.82) is 0 Å². The molecular formula is C28H28N6O16S3. The summed E-state index contributed by atoms with van der Waals surface area (Å²) in [4.78, 5) is 8.02. The summed E-state index contributed by atoms with van der Waals surface area (Å²) in [6.45, 7) is -0.293. The number of aliphatic hydroxyl groups excluding tert-OH is 2. The molecule has 10 N–H and O–H groups in total. The minimum absolute atomic E-state index is 0.0221. The van der Waals surface area contributed by atoms with Crippen molar-refractivity contribution in [2.75, 3.05) is 37.5 Å². The Morgan fingerprint density at radius 2 is 1.19 bits per heavy atom. The SMILES string of the molecule is CC(=O)Nc1ccc(/N=N/c2c(S(=O)(=O)O)cc3cc(S(=O)(=O)O)c(/N=N/c4cc(OCCO)c(N)cc4OCCO)c(O)c3c2O)c(S(=O)(=O)O)c1. The number of amides is 1. The van der Waals surface area contributed by atoms with E-state index in [2.05, 4.69) is 25.8 Å². The van der Waals surface area contributed by atoms with E-state index in [-0.39, 0.29) is 41.8 Å². The van der Waals surface area contributed by atoms with Crippen molar-refractivity contribution >= 4 is 81.2 Å². The van der Waals surface area contributed by atoms with E-state index in [1.807, 2.05) is 0 Å². The summed E-state index contributed by atoms with van der Waals surface area (Å²) >= 11 is 0. The summed E-state index contributed by atoms with van der Waals surface area (Å²) in [7, 11) is -15.8. The molecule has 284 valence electrons. The smallest absolute Gasteiger partial charge is 0.296 e. The van der Waals surface area contributed by atoms with Gasteiger partial charge >= 0.3 is 0 Å². The van der Waals surface area contributed by atoms with E-state index < -0.39 is 103 Å². The second-order valence-corrected chi connectivity index (χ2v) is 14.6. The number of carbonyl (C=O) groups excluding carboxylic acids is 1. The van der Waals surface area contributed by atoms with E-state index in [0.29, 0.717) is 12.1 Å². The topological polar surface area (TPSA) is 367 Å². The van der Waals surface area contributed by atoms with Crippen LogP contribution in [0, 0.1) is 0 Å². The number of nitrogens with zero attached hydrogens (tertiary/aromatic N) is 4. The average molecular weight is 801 g/mol. The van der Waals surface area contributed by atoms with E-state index in [1.54, 1.807) is 0 Å². The van der Waals surface area contributed by atoms with Crippen LogP contribution in [-0.4, -0.2) is 91.7 Å². The molecule has 0 spiro atoms. The lowest BCUT2D eigenvalue weighted by atomic mass is 10.1. The zero-order valence-corrected chi connectivity index (χ0v) is 29.2. The predicted molar refractivity (Wildman–Crippen MR) is 182 cm³/mol. The van der Waals surface area contributed by atoms with E-state index in [0.717, 1.165) is 31.2 Å². The first kappa shape index (κ1) is 40.2. The van der Waals surface area contributed by atoms with Gasteiger partial charge < -0.3 is 41.0 Å². The van der Waals surface area contributed by atoms with E-state index in [4.69, 9.17) is 20.3 Å². The van der Waals surface area contributed by atoms with Gasteiger partial charge in [-0.1, -0.05) is 0 Å². The highest BCUT2D eigenvalue weighted by atomic mass is 32.2. The third kappa shape index (κ3) is 9.28. The Bertz CT molecular complexity index is 2510. The third-order valence-electron chi connectivity index (χ3n) is 6.67. The van der Waals surface area contributed by atoms with Crippen LogP contribution in [0.3, 0.4) is 0 Å². The molecule has 0 aliphatic carbocycles. The molecule has 0 saturated heterocycles. The van der Waals surface area contributed by atoms with Gasteiger partial charge in [-0.25, -0.2) is 0 Å². The molecule has 1 amide bonds. The molecule has 22 nitrogen and oxygen atoms in total. The normalized spacial score (nSPS) is 12.5. The molecule has 4 aromatic carbocycles. The summed E-state index contributed by atoms with van der Waals surface area (Å²) in [5.41, 5.74) is 2.66. The first-order valence-electron chi connectivity index (χ1n) is 14.3. The molecule has 0 bridgehead atoms. The molecule has 53 heavy (non-hydrogen) atoms. The Morgan fingerprint density at radius 3 is 1.66 bits per heavy atom. The van der Waals surface area contributed by atoms with E-state index in [9.17, 15) is 59.0 Å². The zero-order valence-electron chi connectivity index (χ0n) is 26.8. The Labute approximate surface area is 299 Å². The number of hydrogen-bond acceptors (Lipinski definition) is 18. The molecule has 4 aromatic rings. The Hall–Kier alpha value is -5.54. The number of fused-ring (bicyclic) bond motifs is 1.